The summed E-state index contributed by atoms with van der Waals surface area (Å²) >= 11 is 0. The van der Waals surface area contributed by atoms with E-state index in [0.29, 0.717) is 11.5 Å². The van der Waals surface area contributed by atoms with Crippen molar-refractivity contribution in [3.63, 3.8) is 0 Å². The van der Waals surface area contributed by atoms with Crippen LogP contribution in [-0.2, 0) is 0 Å². The van der Waals surface area contributed by atoms with Gasteiger partial charge in [-0.05, 0) is 37.8 Å². The molecule has 1 fully saturated rings. The van der Waals surface area contributed by atoms with Gasteiger partial charge in [-0.1, -0.05) is 39.7 Å². The lowest BCUT2D eigenvalue weighted by atomic mass is 9.74. The van der Waals surface area contributed by atoms with Crippen molar-refractivity contribution in [3.8, 4) is 0 Å². The van der Waals surface area contributed by atoms with Gasteiger partial charge in [0.25, 0.3) is 0 Å². The highest BCUT2D eigenvalue weighted by Crippen LogP contribution is 2.39. The van der Waals surface area contributed by atoms with Gasteiger partial charge in [-0.25, -0.2) is 4.98 Å². The van der Waals surface area contributed by atoms with Gasteiger partial charge in [0.15, 0.2) is 0 Å². The van der Waals surface area contributed by atoms with Crippen LogP contribution >= 0.6 is 0 Å². The number of hydrogen-bond donors (Lipinski definition) is 1. The molecule has 0 aromatic carbocycles. The third-order valence-electron chi connectivity index (χ3n) is 5.42. The first-order chi connectivity index (χ1) is 10.2. The summed E-state index contributed by atoms with van der Waals surface area (Å²) in [7, 11) is 0. The molecular formula is C18H31N3. The van der Waals surface area contributed by atoms with Crippen LogP contribution in [0.1, 0.15) is 65.0 Å². The second kappa shape index (κ2) is 7.26. The number of aromatic nitrogens is 1. The van der Waals surface area contributed by atoms with E-state index in [1.54, 1.807) is 0 Å². The van der Waals surface area contributed by atoms with Crippen molar-refractivity contribution in [1.82, 2.24) is 10.3 Å². The Morgan fingerprint density at radius 3 is 2.48 bits per heavy atom. The van der Waals surface area contributed by atoms with Crippen LogP contribution in [0.25, 0.3) is 0 Å². The maximum absolute atomic E-state index is 4.69. The quantitative estimate of drug-likeness (QED) is 0.852. The van der Waals surface area contributed by atoms with Crippen molar-refractivity contribution in [2.45, 2.75) is 59.4 Å². The van der Waals surface area contributed by atoms with E-state index in [0.717, 1.165) is 19.6 Å². The molecule has 0 saturated carbocycles. The lowest BCUT2D eigenvalue weighted by Crippen LogP contribution is -2.40. The van der Waals surface area contributed by atoms with E-state index >= 15 is 0 Å². The first kappa shape index (κ1) is 16.3. The average molecular weight is 289 g/mol. The van der Waals surface area contributed by atoms with Crippen molar-refractivity contribution in [1.29, 1.82) is 0 Å². The Labute approximate surface area is 130 Å². The van der Waals surface area contributed by atoms with E-state index in [1.807, 2.05) is 6.20 Å². The normalized spacial score (nSPS) is 19.5. The van der Waals surface area contributed by atoms with Gasteiger partial charge in [0, 0.05) is 30.9 Å². The van der Waals surface area contributed by atoms with Gasteiger partial charge in [0.2, 0.25) is 0 Å². The Morgan fingerprint density at radius 2 is 1.90 bits per heavy atom. The fourth-order valence-electron chi connectivity index (χ4n) is 3.58. The van der Waals surface area contributed by atoms with E-state index in [9.17, 15) is 0 Å². The molecule has 1 N–H and O–H groups in total. The molecule has 0 bridgehead atoms. The Balaban J connectivity index is 2.13. The fourth-order valence-corrected chi connectivity index (χ4v) is 3.58. The SMILES string of the molecule is CCNC(C)c1cccnc1N1CCC(CC)(CC)CC1. The van der Waals surface area contributed by atoms with Crippen LogP contribution < -0.4 is 10.2 Å². The van der Waals surface area contributed by atoms with E-state index < -0.39 is 0 Å². The molecular weight excluding hydrogens is 258 g/mol. The third-order valence-corrected chi connectivity index (χ3v) is 5.42. The summed E-state index contributed by atoms with van der Waals surface area (Å²) in [5, 5.41) is 3.51. The minimum absolute atomic E-state index is 0.364. The number of anilines is 1. The average Bonchev–Trinajstić information content (AvgIpc) is 2.55. The molecule has 21 heavy (non-hydrogen) atoms. The number of nitrogens with zero attached hydrogens (tertiary/aromatic N) is 2. The van der Waals surface area contributed by atoms with Gasteiger partial charge in [-0.2, -0.15) is 0 Å². The first-order valence-electron chi connectivity index (χ1n) is 8.59. The zero-order valence-electron chi connectivity index (χ0n) is 14.2. The Bertz CT molecular complexity index is 430. The summed E-state index contributed by atoms with van der Waals surface area (Å²) in [6.07, 6.45) is 7.14. The highest BCUT2D eigenvalue weighted by atomic mass is 15.2. The summed E-state index contributed by atoms with van der Waals surface area (Å²) in [6.45, 7) is 12.4. The Morgan fingerprint density at radius 1 is 1.24 bits per heavy atom. The molecule has 1 saturated heterocycles. The van der Waals surface area contributed by atoms with Crippen molar-refractivity contribution in [2.75, 3.05) is 24.5 Å². The highest BCUT2D eigenvalue weighted by Gasteiger charge is 2.32. The molecule has 3 heteroatoms. The zero-order chi connectivity index (χ0) is 15.3. The maximum atomic E-state index is 4.69. The van der Waals surface area contributed by atoms with Crippen LogP contribution in [0.2, 0.25) is 0 Å². The third kappa shape index (κ3) is 3.57. The molecule has 0 aliphatic carbocycles. The number of rotatable bonds is 6. The number of piperidine rings is 1. The predicted octanol–water partition coefficient (Wildman–Crippen LogP) is 4.16. The van der Waals surface area contributed by atoms with Crippen LogP contribution in [0.4, 0.5) is 5.82 Å². The first-order valence-corrected chi connectivity index (χ1v) is 8.59. The molecule has 1 aromatic rings. The molecule has 2 heterocycles. The van der Waals surface area contributed by atoms with Gasteiger partial charge in [0.1, 0.15) is 5.82 Å². The summed E-state index contributed by atoms with van der Waals surface area (Å²) in [5.41, 5.74) is 1.90. The lowest BCUT2D eigenvalue weighted by molar-refractivity contribution is 0.199. The van der Waals surface area contributed by atoms with Crippen LogP contribution in [0, 0.1) is 5.41 Å². The van der Waals surface area contributed by atoms with E-state index in [-0.39, 0.29) is 0 Å². The number of hydrogen-bond acceptors (Lipinski definition) is 3. The molecule has 1 aliphatic heterocycles. The van der Waals surface area contributed by atoms with Gasteiger partial charge in [-0.3, -0.25) is 0 Å². The van der Waals surface area contributed by atoms with Crippen molar-refractivity contribution in [3.05, 3.63) is 23.9 Å². The molecule has 1 aliphatic rings. The molecule has 0 spiro atoms. The minimum atomic E-state index is 0.364. The zero-order valence-corrected chi connectivity index (χ0v) is 14.2. The van der Waals surface area contributed by atoms with Crippen LogP contribution in [0.15, 0.2) is 18.3 Å². The molecule has 0 amide bonds. The van der Waals surface area contributed by atoms with Crippen molar-refractivity contribution < 1.29 is 0 Å². The van der Waals surface area contributed by atoms with E-state index in [1.165, 1.54) is 37.1 Å². The molecule has 1 aromatic heterocycles. The molecule has 2 rings (SSSR count). The smallest absolute Gasteiger partial charge is 0.133 e. The number of pyridine rings is 1. The van der Waals surface area contributed by atoms with Crippen LogP contribution in [0.5, 0.6) is 0 Å². The minimum Gasteiger partial charge on any atom is -0.356 e. The summed E-state index contributed by atoms with van der Waals surface area (Å²) in [4.78, 5) is 7.18. The van der Waals surface area contributed by atoms with E-state index in [2.05, 4.69) is 50.0 Å². The topological polar surface area (TPSA) is 28.2 Å². The summed E-state index contributed by atoms with van der Waals surface area (Å²) in [6, 6.07) is 4.64. The second-order valence-electron chi connectivity index (χ2n) is 6.39. The van der Waals surface area contributed by atoms with Gasteiger partial charge in [0.05, 0.1) is 0 Å². The van der Waals surface area contributed by atoms with Crippen LogP contribution in [0.3, 0.4) is 0 Å². The van der Waals surface area contributed by atoms with Crippen molar-refractivity contribution >= 4 is 5.82 Å². The van der Waals surface area contributed by atoms with Crippen LogP contribution in [-0.4, -0.2) is 24.6 Å². The Kier molecular flexibility index (Phi) is 5.63. The van der Waals surface area contributed by atoms with Crippen molar-refractivity contribution in [2.24, 2.45) is 5.41 Å². The van der Waals surface area contributed by atoms with Gasteiger partial charge < -0.3 is 10.2 Å². The van der Waals surface area contributed by atoms with Gasteiger partial charge >= 0.3 is 0 Å². The summed E-state index contributed by atoms with van der Waals surface area (Å²) in [5.74, 6) is 1.19. The molecule has 1 unspecified atom stereocenters. The van der Waals surface area contributed by atoms with Gasteiger partial charge in [-0.15, -0.1) is 0 Å². The summed E-state index contributed by atoms with van der Waals surface area (Å²) < 4.78 is 0. The number of nitrogens with one attached hydrogen (secondary N) is 1. The predicted molar refractivity (Wildman–Crippen MR) is 90.8 cm³/mol. The maximum Gasteiger partial charge on any atom is 0.133 e. The standard InChI is InChI=1S/C18H31N3/c1-5-18(6-2)10-13-21(14-11-18)17-16(9-8-12-20-17)15(4)19-7-3/h8-9,12,15,19H,5-7,10-11,13-14H2,1-4H3. The second-order valence-corrected chi connectivity index (χ2v) is 6.39. The Hall–Kier alpha value is -1.09. The highest BCUT2D eigenvalue weighted by molar-refractivity contribution is 5.48. The largest absolute Gasteiger partial charge is 0.356 e. The molecule has 118 valence electrons. The molecule has 0 radical (unpaired) electrons. The lowest BCUT2D eigenvalue weighted by Gasteiger charge is -2.42. The molecule has 3 nitrogen and oxygen atoms in total. The molecule has 1 atom stereocenters. The fraction of sp³-hybridized carbons (Fsp3) is 0.722. The monoisotopic (exact) mass is 289 g/mol. The van der Waals surface area contributed by atoms with E-state index in [4.69, 9.17) is 4.98 Å².